The van der Waals surface area contributed by atoms with Gasteiger partial charge in [-0.3, -0.25) is 14.4 Å². The van der Waals surface area contributed by atoms with E-state index < -0.39 is 0 Å². The fourth-order valence-corrected chi connectivity index (χ4v) is 3.46. The Balaban J connectivity index is 1.48. The zero-order valence-corrected chi connectivity index (χ0v) is 15.8. The molecule has 1 aromatic carbocycles. The maximum absolute atomic E-state index is 13.3. The van der Waals surface area contributed by atoms with E-state index in [4.69, 9.17) is 0 Å². The molecular weight excluding hydrogens is 387 g/mol. The van der Waals surface area contributed by atoms with Crippen LogP contribution >= 0.6 is 15.9 Å². The number of rotatable bonds is 5. The lowest BCUT2D eigenvalue weighted by atomic mass is 10.1. The molecule has 1 fully saturated rings. The molecule has 1 unspecified atom stereocenters. The van der Waals surface area contributed by atoms with Crippen molar-refractivity contribution in [3.05, 3.63) is 52.5 Å². The van der Waals surface area contributed by atoms with Crippen LogP contribution in [0.15, 0.2) is 41.1 Å². The summed E-state index contributed by atoms with van der Waals surface area (Å²) in [6.07, 6.45) is 3.60. The largest absolute Gasteiger partial charge is 0.340 e. The standard InChI is InChI=1S/C18H22BrFN4O/c1-14(11-24-13-16(19)10-21-24)18(25)23-7-5-22(6-8-23)12-15-3-2-4-17(20)9-15/h2-4,9-10,13-14H,5-8,11-12H2,1H3. The molecule has 1 aromatic heterocycles. The van der Waals surface area contributed by atoms with E-state index >= 15 is 0 Å². The summed E-state index contributed by atoms with van der Waals surface area (Å²) in [6, 6.07) is 6.70. The molecule has 1 aliphatic heterocycles. The lowest BCUT2D eigenvalue weighted by Crippen LogP contribution is -2.50. The van der Waals surface area contributed by atoms with E-state index in [-0.39, 0.29) is 17.6 Å². The average molecular weight is 409 g/mol. The molecule has 1 aliphatic rings. The van der Waals surface area contributed by atoms with Gasteiger partial charge in [-0.2, -0.15) is 5.10 Å². The Bertz CT molecular complexity index is 727. The van der Waals surface area contributed by atoms with Crippen molar-refractivity contribution in [3.63, 3.8) is 0 Å². The van der Waals surface area contributed by atoms with Crippen molar-refractivity contribution in [2.75, 3.05) is 26.2 Å². The van der Waals surface area contributed by atoms with Crippen LogP contribution in [0, 0.1) is 11.7 Å². The minimum absolute atomic E-state index is 0.110. The molecule has 25 heavy (non-hydrogen) atoms. The Kier molecular flexibility index (Phi) is 5.86. The van der Waals surface area contributed by atoms with Crippen molar-refractivity contribution >= 4 is 21.8 Å². The van der Waals surface area contributed by atoms with Crippen LogP contribution in [0.3, 0.4) is 0 Å². The number of benzene rings is 1. The Morgan fingerprint density at radius 2 is 2.08 bits per heavy atom. The highest BCUT2D eigenvalue weighted by Gasteiger charge is 2.25. The van der Waals surface area contributed by atoms with Crippen molar-refractivity contribution in [1.29, 1.82) is 0 Å². The number of carbonyl (C=O) groups is 1. The number of hydrogen-bond donors (Lipinski definition) is 0. The molecule has 0 bridgehead atoms. The van der Waals surface area contributed by atoms with Gasteiger partial charge in [-0.25, -0.2) is 4.39 Å². The second-order valence-electron chi connectivity index (χ2n) is 6.51. The molecule has 3 rings (SSSR count). The van der Waals surface area contributed by atoms with Crippen molar-refractivity contribution in [2.24, 2.45) is 5.92 Å². The summed E-state index contributed by atoms with van der Waals surface area (Å²) in [5.41, 5.74) is 0.970. The van der Waals surface area contributed by atoms with E-state index in [0.717, 1.165) is 29.7 Å². The maximum atomic E-state index is 13.3. The molecule has 1 saturated heterocycles. The zero-order chi connectivity index (χ0) is 17.8. The Morgan fingerprint density at radius 1 is 1.32 bits per heavy atom. The zero-order valence-electron chi connectivity index (χ0n) is 14.2. The molecule has 2 heterocycles. The second-order valence-corrected chi connectivity index (χ2v) is 7.43. The number of halogens is 2. The van der Waals surface area contributed by atoms with Crippen LogP contribution in [0.2, 0.25) is 0 Å². The Morgan fingerprint density at radius 3 is 2.72 bits per heavy atom. The van der Waals surface area contributed by atoms with Crippen molar-refractivity contribution < 1.29 is 9.18 Å². The molecule has 7 heteroatoms. The van der Waals surface area contributed by atoms with E-state index in [1.54, 1.807) is 23.0 Å². The number of amides is 1. The van der Waals surface area contributed by atoms with Gasteiger partial charge in [0.1, 0.15) is 5.82 Å². The minimum atomic E-state index is -0.203. The second kappa shape index (κ2) is 8.10. The van der Waals surface area contributed by atoms with Gasteiger partial charge in [0.05, 0.1) is 23.1 Å². The summed E-state index contributed by atoms with van der Waals surface area (Å²) in [5.74, 6) is -0.149. The van der Waals surface area contributed by atoms with E-state index in [2.05, 4.69) is 25.9 Å². The van der Waals surface area contributed by atoms with Gasteiger partial charge in [0.2, 0.25) is 5.91 Å². The number of piperazine rings is 1. The van der Waals surface area contributed by atoms with Gasteiger partial charge in [0.15, 0.2) is 0 Å². The van der Waals surface area contributed by atoms with Crippen LogP contribution in [0.4, 0.5) is 4.39 Å². The van der Waals surface area contributed by atoms with Gasteiger partial charge >= 0.3 is 0 Å². The molecule has 0 spiro atoms. The van der Waals surface area contributed by atoms with E-state index in [1.165, 1.54) is 6.07 Å². The normalized spacial score (nSPS) is 16.8. The highest BCUT2D eigenvalue weighted by atomic mass is 79.9. The summed E-state index contributed by atoms with van der Waals surface area (Å²) >= 11 is 3.37. The third-order valence-corrected chi connectivity index (χ3v) is 4.87. The predicted octanol–water partition coefficient (Wildman–Crippen LogP) is 2.77. The van der Waals surface area contributed by atoms with Crippen LogP contribution < -0.4 is 0 Å². The van der Waals surface area contributed by atoms with E-state index in [0.29, 0.717) is 19.6 Å². The molecule has 0 aliphatic carbocycles. The van der Waals surface area contributed by atoms with Gasteiger partial charge < -0.3 is 4.90 Å². The summed E-state index contributed by atoms with van der Waals surface area (Å²) in [5, 5.41) is 4.21. The smallest absolute Gasteiger partial charge is 0.227 e. The topological polar surface area (TPSA) is 41.4 Å². The number of carbonyl (C=O) groups excluding carboxylic acids is 1. The first-order valence-electron chi connectivity index (χ1n) is 8.45. The Labute approximate surface area is 155 Å². The molecule has 0 saturated carbocycles. The van der Waals surface area contributed by atoms with Gasteiger partial charge in [0, 0.05) is 38.9 Å². The first-order valence-corrected chi connectivity index (χ1v) is 9.24. The third-order valence-electron chi connectivity index (χ3n) is 4.46. The van der Waals surface area contributed by atoms with Crippen molar-refractivity contribution in [1.82, 2.24) is 19.6 Å². The fourth-order valence-electron chi connectivity index (χ4n) is 3.13. The summed E-state index contributed by atoms with van der Waals surface area (Å²) in [6.45, 7) is 6.27. The van der Waals surface area contributed by atoms with E-state index in [1.807, 2.05) is 24.1 Å². The van der Waals surface area contributed by atoms with Gasteiger partial charge in [-0.05, 0) is 33.6 Å². The molecule has 134 valence electrons. The molecule has 1 atom stereocenters. The third kappa shape index (κ3) is 4.89. The van der Waals surface area contributed by atoms with Crippen molar-refractivity contribution in [2.45, 2.75) is 20.0 Å². The first-order chi connectivity index (χ1) is 12.0. The maximum Gasteiger partial charge on any atom is 0.227 e. The molecule has 2 aromatic rings. The fraction of sp³-hybridized carbons (Fsp3) is 0.444. The van der Waals surface area contributed by atoms with Crippen LogP contribution in [-0.4, -0.2) is 51.7 Å². The predicted molar refractivity (Wildman–Crippen MR) is 97.3 cm³/mol. The molecule has 0 N–H and O–H groups in total. The monoisotopic (exact) mass is 408 g/mol. The number of hydrogen-bond acceptors (Lipinski definition) is 3. The lowest BCUT2D eigenvalue weighted by Gasteiger charge is -2.36. The van der Waals surface area contributed by atoms with E-state index in [9.17, 15) is 9.18 Å². The summed E-state index contributed by atoms with van der Waals surface area (Å²) in [4.78, 5) is 16.8. The van der Waals surface area contributed by atoms with Gasteiger partial charge in [-0.1, -0.05) is 19.1 Å². The quantitative estimate of drug-likeness (QED) is 0.763. The van der Waals surface area contributed by atoms with Gasteiger partial charge in [-0.15, -0.1) is 0 Å². The van der Waals surface area contributed by atoms with Gasteiger partial charge in [0.25, 0.3) is 0 Å². The number of nitrogens with zero attached hydrogens (tertiary/aromatic N) is 4. The minimum Gasteiger partial charge on any atom is -0.340 e. The van der Waals surface area contributed by atoms with Crippen LogP contribution in [-0.2, 0) is 17.9 Å². The summed E-state index contributed by atoms with van der Waals surface area (Å²) < 4.78 is 16.0. The highest BCUT2D eigenvalue weighted by Crippen LogP contribution is 2.14. The number of aromatic nitrogens is 2. The van der Waals surface area contributed by atoms with Crippen LogP contribution in [0.5, 0.6) is 0 Å². The molecule has 1 amide bonds. The SMILES string of the molecule is CC(Cn1cc(Br)cn1)C(=O)N1CCN(Cc2cccc(F)c2)CC1. The summed E-state index contributed by atoms with van der Waals surface area (Å²) in [7, 11) is 0. The highest BCUT2D eigenvalue weighted by molar-refractivity contribution is 9.10. The van der Waals surface area contributed by atoms with Crippen molar-refractivity contribution in [3.8, 4) is 0 Å². The lowest BCUT2D eigenvalue weighted by molar-refractivity contribution is -0.137. The Hall–Kier alpha value is -1.73. The molecule has 5 nitrogen and oxygen atoms in total. The van der Waals surface area contributed by atoms with Crippen LogP contribution in [0.1, 0.15) is 12.5 Å². The first kappa shape index (κ1) is 18.1. The molecular formula is C18H22BrFN4O. The van der Waals surface area contributed by atoms with Crippen LogP contribution in [0.25, 0.3) is 0 Å². The average Bonchev–Trinajstić information content (AvgIpc) is 3.00. The molecule has 0 radical (unpaired) electrons.